The maximum atomic E-state index is 14.3. The molecule has 0 amide bonds. The van der Waals surface area contributed by atoms with E-state index in [9.17, 15) is 8.78 Å². The van der Waals surface area contributed by atoms with Crippen LogP contribution >= 0.6 is 0 Å². The largest absolute Gasteiger partial charge is 0.311 e. The number of hydrogen-bond acceptors (Lipinski definition) is 1. The van der Waals surface area contributed by atoms with Crippen molar-refractivity contribution >= 4 is 17.1 Å². The van der Waals surface area contributed by atoms with E-state index in [1.807, 2.05) is 84.9 Å². The van der Waals surface area contributed by atoms with E-state index in [0.29, 0.717) is 5.56 Å². The number of benzene rings is 4. The maximum absolute atomic E-state index is 14.3. The summed E-state index contributed by atoms with van der Waals surface area (Å²) in [7, 11) is 0. The van der Waals surface area contributed by atoms with E-state index < -0.39 is 11.6 Å². The van der Waals surface area contributed by atoms with Gasteiger partial charge in [0.05, 0.1) is 5.56 Å². The molecule has 146 valence electrons. The molecule has 0 atom stereocenters. The molecule has 0 heterocycles. The van der Waals surface area contributed by atoms with Crippen molar-refractivity contribution in [2.75, 3.05) is 4.90 Å². The zero-order valence-electron chi connectivity index (χ0n) is 16.4. The third-order valence-corrected chi connectivity index (χ3v) is 4.78. The van der Waals surface area contributed by atoms with Gasteiger partial charge in [-0.1, -0.05) is 54.5 Å². The lowest BCUT2D eigenvalue weighted by atomic mass is 10.0. The van der Waals surface area contributed by atoms with Crippen molar-refractivity contribution in [2.45, 2.75) is 6.92 Å². The van der Waals surface area contributed by atoms with E-state index in [0.717, 1.165) is 22.6 Å². The Morgan fingerprint density at radius 3 is 1.53 bits per heavy atom. The predicted molar refractivity (Wildman–Crippen MR) is 119 cm³/mol. The van der Waals surface area contributed by atoms with Gasteiger partial charge in [0.2, 0.25) is 0 Å². The highest BCUT2D eigenvalue weighted by Gasteiger charge is 2.13. The quantitative estimate of drug-likeness (QED) is 0.324. The molecule has 0 saturated carbocycles. The Balaban J connectivity index is 1.74. The van der Waals surface area contributed by atoms with Crippen LogP contribution in [0.1, 0.15) is 12.5 Å². The van der Waals surface area contributed by atoms with E-state index in [1.165, 1.54) is 12.1 Å². The molecule has 30 heavy (non-hydrogen) atoms. The van der Waals surface area contributed by atoms with Gasteiger partial charge >= 0.3 is 0 Å². The predicted octanol–water partition coefficient (Wildman–Crippen LogP) is 7.47. The zero-order valence-corrected chi connectivity index (χ0v) is 16.4. The second kappa shape index (κ2) is 8.63. The van der Waals surface area contributed by atoms with Crippen LogP contribution in [0.3, 0.4) is 0 Å². The van der Waals surface area contributed by atoms with E-state index in [1.54, 1.807) is 6.92 Å². The summed E-state index contributed by atoms with van der Waals surface area (Å²) in [6.07, 6.45) is 0. The van der Waals surface area contributed by atoms with Crippen molar-refractivity contribution in [2.24, 2.45) is 0 Å². The fourth-order valence-electron chi connectivity index (χ4n) is 3.39. The van der Waals surface area contributed by atoms with Gasteiger partial charge in [0.15, 0.2) is 0 Å². The molecule has 0 radical (unpaired) electrons. The van der Waals surface area contributed by atoms with Crippen molar-refractivity contribution in [3.05, 3.63) is 114 Å². The highest BCUT2D eigenvalue weighted by atomic mass is 19.1. The highest BCUT2D eigenvalue weighted by molar-refractivity contribution is 5.78. The summed E-state index contributed by atoms with van der Waals surface area (Å²) in [6.45, 7) is 1.55. The van der Waals surface area contributed by atoms with E-state index in [4.69, 9.17) is 0 Å². The van der Waals surface area contributed by atoms with Gasteiger partial charge in [0.1, 0.15) is 11.6 Å². The first kappa shape index (κ1) is 19.4. The molecule has 0 aliphatic heterocycles. The third kappa shape index (κ3) is 3.94. The third-order valence-electron chi connectivity index (χ3n) is 4.78. The first-order valence-electron chi connectivity index (χ1n) is 9.60. The monoisotopic (exact) mass is 395 g/mol. The van der Waals surface area contributed by atoms with Crippen LogP contribution in [0.5, 0.6) is 0 Å². The Labute approximate surface area is 175 Å². The Hall–Kier alpha value is -3.90. The molecular weight excluding hydrogens is 376 g/mol. The summed E-state index contributed by atoms with van der Waals surface area (Å²) in [5.74, 6) is 3.71. The molecule has 3 heteroatoms. The SMILES string of the molecule is CC#Cc1c(F)cc(-c2ccc(N(c3ccccc3)c3ccccc3)cc2)cc1F. The molecule has 4 rings (SSSR count). The van der Waals surface area contributed by atoms with Crippen LogP contribution in [0, 0.1) is 23.5 Å². The second-order valence-corrected chi connectivity index (χ2v) is 6.74. The molecule has 0 saturated heterocycles. The second-order valence-electron chi connectivity index (χ2n) is 6.74. The normalized spacial score (nSPS) is 10.2. The Bertz CT molecular complexity index is 1140. The summed E-state index contributed by atoms with van der Waals surface area (Å²) < 4.78 is 28.6. The van der Waals surface area contributed by atoms with Crippen LogP contribution in [0.25, 0.3) is 11.1 Å². The molecule has 0 fully saturated rings. The van der Waals surface area contributed by atoms with Crippen LogP contribution in [-0.2, 0) is 0 Å². The topological polar surface area (TPSA) is 3.24 Å². The molecule has 1 nitrogen and oxygen atoms in total. The lowest BCUT2D eigenvalue weighted by Gasteiger charge is -2.25. The Morgan fingerprint density at radius 2 is 1.07 bits per heavy atom. The minimum atomic E-state index is -0.654. The van der Waals surface area contributed by atoms with Crippen LogP contribution in [0.15, 0.2) is 97.1 Å². The standard InChI is InChI=1S/C27H19F2N/c1-2-9-25-26(28)18-21(19-27(25)29)20-14-16-24(17-15-20)30(22-10-5-3-6-11-22)23-12-7-4-8-13-23/h3-8,10-19H,1H3. The summed E-state index contributed by atoms with van der Waals surface area (Å²) >= 11 is 0. The summed E-state index contributed by atoms with van der Waals surface area (Å²) in [4.78, 5) is 2.13. The van der Waals surface area contributed by atoms with Gasteiger partial charge in [-0.15, -0.1) is 5.92 Å². The maximum Gasteiger partial charge on any atom is 0.142 e. The molecule has 0 spiro atoms. The lowest BCUT2D eigenvalue weighted by Crippen LogP contribution is -2.09. The fraction of sp³-hybridized carbons (Fsp3) is 0.0370. The molecule has 0 N–H and O–H groups in total. The molecule has 0 aromatic heterocycles. The van der Waals surface area contributed by atoms with Crippen molar-refractivity contribution < 1.29 is 8.78 Å². The number of hydrogen-bond donors (Lipinski definition) is 0. The Kier molecular flexibility index (Phi) is 5.59. The van der Waals surface area contributed by atoms with Gasteiger partial charge in [0, 0.05) is 17.1 Å². The molecule has 0 aliphatic rings. The number of halogens is 2. The van der Waals surface area contributed by atoms with Crippen molar-refractivity contribution in [1.82, 2.24) is 0 Å². The van der Waals surface area contributed by atoms with Crippen molar-refractivity contribution in [3.8, 4) is 23.0 Å². The van der Waals surface area contributed by atoms with E-state index >= 15 is 0 Å². The Morgan fingerprint density at radius 1 is 0.600 bits per heavy atom. The molecule has 4 aromatic rings. The summed E-state index contributed by atoms with van der Waals surface area (Å²) in [5, 5.41) is 0. The minimum absolute atomic E-state index is 0.197. The molecule has 0 bridgehead atoms. The van der Waals surface area contributed by atoms with Crippen LogP contribution < -0.4 is 4.90 Å². The van der Waals surface area contributed by atoms with Gasteiger partial charge in [0.25, 0.3) is 0 Å². The van der Waals surface area contributed by atoms with Crippen LogP contribution in [0.4, 0.5) is 25.8 Å². The van der Waals surface area contributed by atoms with E-state index in [2.05, 4.69) is 16.7 Å². The molecule has 4 aromatic carbocycles. The fourth-order valence-corrected chi connectivity index (χ4v) is 3.39. The smallest absolute Gasteiger partial charge is 0.142 e. The van der Waals surface area contributed by atoms with Gasteiger partial charge in [-0.05, 0) is 66.6 Å². The van der Waals surface area contributed by atoms with Gasteiger partial charge in [-0.2, -0.15) is 0 Å². The van der Waals surface area contributed by atoms with Crippen molar-refractivity contribution in [1.29, 1.82) is 0 Å². The summed E-state index contributed by atoms with van der Waals surface area (Å²) in [6, 6.07) is 30.4. The van der Waals surface area contributed by atoms with Crippen LogP contribution in [-0.4, -0.2) is 0 Å². The molecule has 0 unspecified atom stereocenters. The average Bonchev–Trinajstić information content (AvgIpc) is 2.78. The molecule has 0 aliphatic carbocycles. The minimum Gasteiger partial charge on any atom is -0.311 e. The first-order valence-corrected chi connectivity index (χ1v) is 9.60. The number of anilines is 3. The number of rotatable bonds is 4. The van der Waals surface area contributed by atoms with Crippen molar-refractivity contribution in [3.63, 3.8) is 0 Å². The van der Waals surface area contributed by atoms with E-state index in [-0.39, 0.29) is 5.56 Å². The highest BCUT2D eigenvalue weighted by Crippen LogP contribution is 2.35. The zero-order chi connectivity index (χ0) is 20.9. The van der Waals surface area contributed by atoms with Gasteiger partial charge < -0.3 is 4.90 Å². The number of para-hydroxylation sites is 2. The van der Waals surface area contributed by atoms with Crippen LogP contribution in [0.2, 0.25) is 0 Å². The first-order chi connectivity index (χ1) is 14.7. The number of nitrogens with zero attached hydrogens (tertiary/aromatic N) is 1. The average molecular weight is 395 g/mol. The molecular formula is C27H19F2N. The lowest BCUT2D eigenvalue weighted by molar-refractivity contribution is 0.578. The summed E-state index contributed by atoms with van der Waals surface area (Å²) in [5.41, 5.74) is 4.01. The van der Waals surface area contributed by atoms with Gasteiger partial charge in [-0.3, -0.25) is 0 Å². The van der Waals surface area contributed by atoms with Gasteiger partial charge in [-0.25, -0.2) is 8.78 Å².